The molecule has 3 heteroatoms. The fourth-order valence-electron chi connectivity index (χ4n) is 14.9. The number of hydrogen-bond donors (Lipinski definition) is 0. The quantitative estimate of drug-likeness (QED) is 0.153. The van der Waals surface area contributed by atoms with Crippen LogP contribution in [0, 0.1) is 20.8 Å². The number of aryl methyl sites for hydroxylation is 3. The Bertz CT molecular complexity index is 5900. The van der Waals surface area contributed by atoms with Gasteiger partial charge in [-0.1, -0.05) is 194 Å². The number of para-hydroxylation sites is 1. The molecule has 0 aliphatic heterocycles. The molecule has 0 radical (unpaired) electrons. The number of fused-ring (bicyclic) bond motifs is 21. The van der Waals surface area contributed by atoms with Crippen LogP contribution in [0.15, 0.2) is 267 Å². The molecule has 15 aromatic carbocycles. The van der Waals surface area contributed by atoms with Crippen LogP contribution in [0.2, 0.25) is 0 Å². The van der Waals surface area contributed by atoms with E-state index in [2.05, 4.69) is 301 Å². The van der Waals surface area contributed by atoms with Crippen molar-refractivity contribution in [2.24, 2.45) is 0 Å². The Morgan fingerprint density at radius 3 is 1.42 bits per heavy atom. The van der Waals surface area contributed by atoms with Crippen LogP contribution in [0.4, 0.5) is 0 Å². The summed E-state index contributed by atoms with van der Waals surface area (Å²) in [6.07, 6.45) is 0. The van der Waals surface area contributed by atoms with Gasteiger partial charge in [-0.05, 0) is 186 Å². The maximum Gasteiger partial charge on any atom is 0.0626 e. The monoisotopic (exact) mass is 1070 g/mol. The molecule has 0 fully saturated rings. The van der Waals surface area contributed by atoms with Crippen LogP contribution >= 0.6 is 0 Å². The predicted octanol–water partition coefficient (Wildman–Crippen LogP) is 22.2. The van der Waals surface area contributed by atoms with Gasteiger partial charge in [-0.25, -0.2) is 0 Å². The van der Waals surface area contributed by atoms with E-state index in [0.29, 0.717) is 0 Å². The fourth-order valence-corrected chi connectivity index (χ4v) is 14.9. The molecule has 0 atom stereocenters. The second-order valence-electron chi connectivity index (χ2n) is 23.4. The van der Waals surface area contributed by atoms with E-state index < -0.39 is 0 Å². The highest BCUT2D eigenvalue weighted by molar-refractivity contribution is 6.34. The van der Waals surface area contributed by atoms with Crippen molar-refractivity contribution in [2.45, 2.75) is 20.8 Å². The number of rotatable bonds is 5. The average Bonchev–Trinajstić information content (AvgIpc) is 1.65. The van der Waals surface area contributed by atoms with Gasteiger partial charge in [0.25, 0.3) is 0 Å². The smallest absolute Gasteiger partial charge is 0.0626 e. The van der Waals surface area contributed by atoms with Crippen LogP contribution in [0.25, 0.3) is 169 Å². The first-order valence-electron chi connectivity index (χ1n) is 29.3. The Balaban J connectivity index is 0.884. The van der Waals surface area contributed by atoms with Crippen molar-refractivity contribution in [1.29, 1.82) is 0 Å². The lowest BCUT2D eigenvalue weighted by Crippen LogP contribution is -1.96. The lowest BCUT2D eigenvalue weighted by molar-refractivity contribution is 1.17. The molecule has 3 aromatic heterocycles. The Morgan fingerprint density at radius 1 is 0.214 bits per heavy atom. The maximum atomic E-state index is 2.52. The molecular weight excluding hydrogens is 1010 g/mol. The standard InChI is InChI=1S/C81H53N3/c1-48-16-12-20-55(40-48)82-75-44-52(59-29-15-30-70-78(59)65-26-8-9-27-66(65)79-69-28-10-11-31-74(69)83(81(70)79)56-21-13-17-49(2)41-56)33-36-64(75)73-47-72-54(46-77(73)82)43-71(60-24-6-7-25-61(60)72)53-34-35-63-68-39-38-62-58-23-5-4-19-51(58)32-37-67(62)80(68)84(76(63)45-53)57-22-14-18-50(3)42-57/h4-47H,1-3H3. The third-order valence-corrected chi connectivity index (χ3v) is 18.5. The summed E-state index contributed by atoms with van der Waals surface area (Å²) in [7, 11) is 0. The largest absolute Gasteiger partial charge is 0.309 e. The van der Waals surface area contributed by atoms with Gasteiger partial charge in [0.2, 0.25) is 0 Å². The van der Waals surface area contributed by atoms with E-state index in [-0.39, 0.29) is 0 Å². The number of nitrogens with zero attached hydrogens (tertiary/aromatic N) is 3. The molecule has 0 unspecified atom stereocenters. The van der Waals surface area contributed by atoms with Crippen LogP contribution in [-0.4, -0.2) is 13.7 Å². The fraction of sp³-hybridized carbons (Fsp3) is 0.0370. The lowest BCUT2D eigenvalue weighted by Gasteiger charge is -2.16. The van der Waals surface area contributed by atoms with Crippen molar-refractivity contribution in [1.82, 2.24) is 13.7 Å². The van der Waals surface area contributed by atoms with Crippen molar-refractivity contribution < 1.29 is 0 Å². The highest BCUT2D eigenvalue weighted by Gasteiger charge is 2.24. The van der Waals surface area contributed by atoms with Crippen LogP contribution < -0.4 is 0 Å². The number of benzene rings is 15. The molecule has 3 heterocycles. The summed E-state index contributed by atoms with van der Waals surface area (Å²) in [6, 6.07) is 101. The number of aromatic nitrogens is 3. The second-order valence-corrected chi connectivity index (χ2v) is 23.4. The van der Waals surface area contributed by atoms with Crippen molar-refractivity contribution in [3.63, 3.8) is 0 Å². The molecule has 0 aliphatic carbocycles. The molecule has 0 saturated carbocycles. The normalized spacial score (nSPS) is 12.2. The maximum absolute atomic E-state index is 2.52. The van der Waals surface area contributed by atoms with Crippen LogP contribution in [-0.2, 0) is 0 Å². The predicted molar refractivity (Wildman–Crippen MR) is 360 cm³/mol. The van der Waals surface area contributed by atoms with E-state index in [4.69, 9.17) is 0 Å². The molecule has 0 saturated heterocycles. The zero-order valence-electron chi connectivity index (χ0n) is 46.7. The van der Waals surface area contributed by atoms with E-state index in [0.717, 1.165) is 5.69 Å². The molecule has 392 valence electrons. The molecule has 18 aromatic rings. The Kier molecular flexibility index (Phi) is 9.86. The Morgan fingerprint density at radius 2 is 0.702 bits per heavy atom. The minimum atomic E-state index is 1.15. The van der Waals surface area contributed by atoms with Gasteiger partial charge in [-0.15, -0.1) is 0 Å². The zero-order chi connectivity index (χ0) is 55.5. The molecule has 0 spiro atoms. The van der Waals surface area contributed by atoms with Gasteiger partial charge in [0.15, 0.2) is 0 Å². The van der Waals surface area contributed by atoms with Gasteiger partial charge in [-0.3, -0.25) is 0 Å². The molecule has 0 N–H and O–H groups in total. The van der Waals surface area contributed by atoms with Crippen LogP contribution in [0.1, 0.15) is 16.7 Å². The van der Waals surface area contributed by atoms with Gasteiger partial charge in [-0.2, -0.15) is 0 Å². The van der Waals surface area contributed by atoms with Gasteiger partial charge in [0, 0.05) is 60.2 Å². The average molecular weight is 1070 g/mol. The van der Waals surface area contributed by atoms with Gasteiger partial charge in [0.1, 0.15) is 0 Å². The molecule has 0 aliphatic rings. The highest BCUT2D eigenvalue weighted by atomic mass is 15.0. The van der Waals surface area contributed by atoms with Crippen LogP contribution in [0.3, 0.4) is 0 Å². The van der Waals surface area contributed by atoms with Gasteiger partial charge in [0.05, 0.1) is 33.1 Å². The summed E-state index contributed by atoms with van der Waals surface area (Å²) in [5.41, 5.74) is 19.2. The third-order valence-electron chi connectivity index (χ3n) is 18.5. The summed E-state index contributed by atoms with van der Waals surface area (Å²) in [5.74, 6) is 0. The molecule has 3 nitrogen and oxygen atoms in total. The summed E-state index contributed by atoms with van der Waals surface area (Å²) in [4.78, 5) is 0. The van der Waals surface area contributed by atoms with E-state index in [1.165, 1.54) is 180 Å². The van der Waals surface area contributed by atoms with Gasteiger partial charge < -0.3 is 13.7 Å². The third kappa shape index (κ3) is 6.69. The lowest BCUT2D eigenvalue weighted by atomic mass is 9.90. The van der Waals surface area contributed by atoms with Crippen molar-refractivity contribution in [3.05, 3.63) is 284 Å². The van der Waals surface area contributed by atoms with E-state index in [1.807, 2.05) is 0 Å². The molecule has 0 bridgehead atoms. The topological polar surface area (TPSA) is 14.8 Å². The van der Waals surface area contributed by atoms with E-state index >= 15 is 0 Å². The molecule has 18 rings (SSSR count). The Hall–Kier alpha value is -10.7. The minimum Gasteiger partial charge on any atom is -0.309 e. The molecule has 84 heavy (non-hydrogen) atoms. The van der Waals surface area contributed by atoms with Gasteiger partial charge >= 0.3 is 0 Å². The number of hydrogen-bond acceptors (Lipinski definition) is 0. The highest BCUT2D eigenvalue weighted by Crippen LogP contribution is 2.48. The minimum absolute atomic E-state index is 1.15. The Labute approximate surface area is 484 Å². The van der Waals surface area contributed by atoms with Crippen molar-refractivity contribution in [3.8, 4) is 39.3 Å². The van der Waals surface area contributed by atoms with Crippen molar-refractivity contribution >= 4 is 130 Å². The SMILES string of the molecule is Cc1cccc(-n2c3cc(-c4cccc5c4c4ccccc4c4c6ccccc6n(-c6cccc(C)c6)c54)ccc3c3cc4c(cc(-c5ccc6c7ccc8c9ccccc9ccc8c7n(-c7cccc(C)c7)c6c5)c5ccccc54)cc32)c1. The second kappa shape index (κ2) is 17.6. The first-order valence-corrected chi connectivity index (χ1v) is 29.3. The van der Waals surface area contributed by atoms with Crippen LogP contribution in [0.5, 0.6) is 0 Å². The summed E-state index contributed by atoms with van der Waals surface area (Å²) in [6.45, 7) is 6.59. The molecule has 0 amide bonds. The summed E-state index contributed by atoms with van der Waals surface area (Å²) in [5, 5.41) is 22.5. The summed E-state index contributed by atoms with van der Waals surface area (Å²) >= 11 is 0. The zero-order valence-corrected chi connectivity index (χ0v) is 46.7. The molecular formula is C81H53N3. The summed E-state index contributed by atoms with van der Waals surface area (Å²) < 4.78 is 7.54. The first kappa shape index (κ1) is 47.0. The van der Waals surface area contributed by atoms with Crippen molar-refractivity contribution in [2.75, 3.05) is 0 Å². The van der Waals surface area contributed by atoms with E-state index in [1.54, 1.807) is 0 Å². The van der Waals surface area contributed by atoms with E-state index in [9.17, 15) is 0 Å². The first-order chi connectivity index (χ1) is 41.4.